The normalized spacial score (nSPS) is 22.5. The van der Waals surface area contributed by atoms with E-state index in [9.17, 15) is 9.59 Å². The van der Waals surface area contributed by atoms with Crippen LogP contribution in [-0.2, 0) is 9.59 Å². The molecule has 1 aliphatic rings. The number of nitrogens with one attached hydrogen (secondary N) is 1. The van der Waals surface area contributed by atoms with Crippen LogP contribution in [0.5, 0.6) is 0 Å². The molecule has 3 atom stereocenters. The topological polar surface area (TPSA) is 59.1 Å². The van der Waals surface area contributed by atoms with E-state index in [1.165, 1.54) is 0 Å². The summed E-state index contributed by atoms with van der Waals surface area (Å²) >= 11 is 0. The Kier molecular flexibility index (Phi) is 4.45. The predicted octanol–water partition coefficient (Wildman–Crippen LogP) is 2.70. The van der Waals surface area contributed by atoms with Crippen molar-refractivity contribution in [2.24, 2.45) is 11.3 Å². The number of carbonyl (C=O) groups excluding carboxylic acids is 2. The van der Waals surface area contributed by atoms with Crippen molar-refractivity contribution in [3.63, 3.8) is 0 Å². The van der Waals surface area contributed by atoms with Crippen molar-refractivity contribution in [2.75, 3.05) is 0 Å². The minimum atomic E-state index is -0.409. The lowest BCUT2D eigenvalue weighted by Crippen LogP contribution is -2.49. The summed E-state index contributed by atoms with van der Waals surface area (Å²) in [6.45, 7) is 7.79. The van der Waals surface area contributed by atoms with E-state index in [2.05, 4.69) is 10.3 Å². The average Bonchev–Trinajstić information content (AvgIpc) is 3.24. The summed E-state index contributed by atoms with van der Waals surface area (Å²) < 4.78 is 0. The number of nitrogens with zero attached hydrogens (tertiary/aromatic N) is 1. The Labute approximate surface area is 126 Å². The second-order valence-electron chi connectivity index (χ2n) is 6.86. The number of carbonyl (C=O) groups is 2. The number of amides is 1. The van der Waals surface area contributed by atoms with Crippen molar-refractivity contribution < 1.29 is 9.59 Å². The minimum absolute atomic E-state index is 0.00135. The van der Waals surface area contributed by atoms with Gasteiger partial charge in [0.2, 0.25) is 5.91 Å². The van der Waals surface area contributed by atoms with Gasteiger partial charge in [-0.15, -0.1) is 0 Å². The molecule has 0 saturated heterocycles. The van der Waals surface area contributed by atoms with E-state index in [-0.39, 0.29) is 28.9 Å². The summed E-state index contributed by atoms with van der Waals surface area (Å²) in [5.74, 6) is 0.350. The first-order valence-corrected chi connectivity index (χ1v) is 7.57. The Morgan fingerprint density at radius 2 is 1.95 bits per heavy atom. The summed E-state index contributed by atoms with van der Waals surface area (Å²) in [5.41, 5.74) is 0.892. The van der Waals surface area contributed by atoms with E-state index in [0.29, 0.717) is 6.42 Å². The molecule has 0 aliphatic heterocycles. The van der Waals surface area contributed by atoms with Crippen LogP contribution < -0.4 is 5.32 Å². The van der Waals surface area contributed by atoms with Crippen molar-refractivity contribution in [3.8, 4) is 0 Å². The lowest BCUT2D eigenvalue weighted by Gasteiger charge is -2.30. The summed E-state index contributed by atoms with van der Waals surface area (Å²) in [7, 11) is 0. The van der Waals surface area contributed by atoms with Gasteiger partial charge in [0.1, 0.15) is 0 Å². The predicted molar refractivity (Wildman–Crippen MR) is 81.8 cm³/mol. The minimum Gasteiger partial charge on any atom is -0.346 e. The second kappa shape index (κ2) is 5.96. The third kappa shape index (κ3) is 3.69. The molecule has 1 aromatic heterocycles. The summed E-state index contributed by atoms with van der Waals surface area (Å²) in [5, 5.41) is 2.97. The van der Waals surface area contributed by atoms with E-state index >= 15 is 0 Å². The molecule has 2 rings (SSSR count). The van der Waals surface area contributed by atoms with Gasteiger partial charge in [0, 0.05) is 24.7 Å². The molecule has 1 heterocycles. The highest BCUT2D eigenvalue weighted by atomic mass is 16.2. The molecule has 4 heteroatoms. The molecule has 1 N–H and O–H groups in total. The number of Topliss-reactive ketones (excluding diaryl/α,β-unsaturated/α-hetero) is 1. The maximum atomic E-state index is 12.4. The Balaban J connectivity index is 2.00. The second-order valence-corrected chi connectivity index (χ2v) is 6.86. The summed E-state index contributed by atoms with van der Waals surface area (Å²) in [6, 6.07) is 3.50. The van der Waals surface area contributed by atoms with Gasteiger partial charge in [-0.25, -0.2) is 0 Å². The zero-order valence-corrected chi connectivity index (χ0v) is 13.2. The largest absolute Gasteiger partial charge is 0.346 e. The van der Waals surface area contributed by atoms with Crippen LogP contribution in [0, 0.1) is 11.3 Å². The van der Waals surface area contributed by atoms with Gasteiger partial charge in [0.05, 0.1) is 6.04 Å². The van der Waals surface area contributed by atoms with Gasteiger partial charge < -0.3 is 5.32 Å². The molecule has 0 radical (unpaired) electrons. The van der Waals surface area contributed by atoms with Crippen LogP contribution in [0.3, 0.4) is 0 Å². The summed E-state index contributed by atoms with van der Waals surface area (Å²) in [4.78, 5) is 28.4. The van der Waals surface area contributed by atoms with E-state index in [4.69, 9.17) is 0 Å². The molecular formula is C17H24N2O2. The lowest BCUT2D eigenvalue weighted by molar-refractivity contribution is -0.130. The fourth-order valence-electron chi connectivity index (χ4n) is 2.70. The third-order valence-corrected chi connectivity index (χ3v) is 4.08. The smallest absolute Gasteiger partial charge is 0.224 e. The highest BCUT2D eigenvalue weighted by molar-refractivity contribution is 5.91. The highest BCUT2D eigenvalue weighted by Crippen LogP contribution is 2.47. The monoisotopic (exact) mass is 288 g/mol. The zero-order valence-electron chi connectivity index (χ0n) is 13.2. The van der Waals surface area contributed by atoms with Crippen molar-refractivity contribution in [3.05, 3.63) is 30.1 Å². The van der Waals surface area contributed by atoms with Crippen LogP contribution in [0.25, 0.3) is 0 Å². The molecule has 2 unspecified atom stereocenters. The van der Waals surface area contributed by atoms with Gasteiger partial charge in [0.15, 0.2) is 5.78 Å². The van der Waals surface area contributed by atoms with Gasteiger partial charge in [-0.1, -0.05) is 27.7 Å². The molecule has 0 aromatic carbocycles. The van der Waals surface area contributed by atoms with Crippen molar-refractivity contribution in [1.82, 2.24) is 10.3 Å². The van der Waals surface area contributed by atoms with E-state index in [1.54, 1.807) is 12.4 Å². The standard InChI is InChI=1S/C17H24N2O2/c1-5-14(20)15(17(2,3)4)19-16(21)13-10-12(13)11-6-8-18-9-7-11/h6-9,12-13,15H,5,10H2,1-4H3,(H,19,21)/t12-,13?,15?/m0/s1. The van der Waals surface area contributed by atoms with Crippen LogP contribution in [0.2, 0.25) is 0 Å². The molecule has 0 bridgehead atoms. The maximum absolute atomic E-state index is 12.4. The molecule has 1 amide bonds. The van der Waals surface area contributed by atoms with E-state index in [0.717, 1.165) is 12.0 Å². The Morgan fingerprint density at radius 1 is 1.33 bits per heavy atom. The molecule has 1 saturated carbocycles. The molecule has 1 aliphatic carbocycles. The van der Waals surface area contributed by atoms with Crippen molar-refractivity contribution in [1.29, 1.82) is 0 Å². The van der Waals surface area contributed by atoms with E-state index in [1.807, 2.05) is 39.8 Å². The first-order chi connectivity index (χ1) is 9.84. The molecule has 21 heavy (non-hydrogen) atoms. The molecule has 0 spiro atoms. The molecule has 4 nitrogen and oxygen atoms in total. The lowest BCUT2D eigenvalue weighted by atomic mass is 9.83. The molecular weight excluding hydrogens is 264 g/mol. The third-order valence-electron chi connectivity index (χ3n) is 4.08. The number of aromatic nitrogens is 1. The van der Waals surface area contributed by atoms with Crippen LogP contribution in [0.1, 0.15) is 52.0 Å². The SMILES string of the molecule is CCC(=O)C(NC(=O)C1C[C@H]1c1ccncc1)C(C)(C)C. The maximum Gasteiger partial charge on any atom is 0.224 e. The molecule has 114 valence electrons. The molecule has 1 fully saturated rings. The summed E-state index contributed by atoms with van der Waals surface area (Å²) in [6.07, 6.45) is 4.80. The van der Waals surface area contributed by atoms with Crippen LogP contribution in [0.15, 0.2) is 24.5 Å². The van der Waals surface area contributed by atoms with E-state index < -0.39 is 6.04 Å². The average molecular weight is 288 g/mol. The van der Waals surface area contributed by atoms with Gasteiger partial charge in [-0.05, 0) is 35.4 Å². The fraction of sp³-hybridized carbons (Fsp3) is 0.588. The van der Waals surface area contributed by atoms with Gasteiger partial charge in [-0.2, -0.15) is 0 Å². The Hall–Kier alpha value is -1.71. The van der Waals surface area contributed by atoms with Gasteiger partial charge in [0.25, 0.3) is 0 Å². The number of pyridine rings is 1. The number of hydrogen-bond donors (Lipinski definition) is 1. The van der Waals surface area contributed by atoms with Gasteiger partial charge in [-0.3, -0.25) is 14.6 Å². The first kappa shape index (κ1) is 15.7. The van der Waals surface area contributed by atoms with Gasteiger partial charge >= 0.3 is 0 Å². The highest BCUT2D eigenvalue weighted by Gasteiger charge is 2.45. The van der Waals surface area contributed by atoms with Crippen molar-refractivity contribution in [2.45, 2.75) is 52.5 Å². The van der Waals surface area contributed by atoms with Crippen LogP contribution >= 0.6 is 0 Å². The number of ketones is 1. The molecule has 1 aromatic rings. The zero-order chi connectivity index (χ0) is 15.6. The van der Waals surface area contributed by atoms with Crippen LogP contribution in [-0.4, -0.2) is 22.7 Å². The number of hydrogen-bond acceptors (Lipinski definition) is 3. The quantitative estimate of drug-likeness (QED) is 0.906. The number of rotatable bonds is 5. The Bertz CT molecular complexity index is 519. The van der Waals surface area contributed by atoms with Crippen LogP contribution in [0.4, 0.5) is 0 Å². The fourth-order valence-corrected chi connectivity index (χ4v) is 2.70. The Morgan fingerprint density at radius 3 is 2.48 bits per heavy atom. The first-order valence-electron chi connectivity index (χ1n) is 7.57. The van der Waals surface area contributed by atoms with Crippen molar-refractivity contribution >= 4 is 11.7 Å².